The van der Waals surface area contributed by atoms with E-state index in [9.17, 15) is 0 Å². The predicted molar refractivity (Wildman–Crippen MR) is 91.3 cm³/mol. The van der Waals surface area contributed by atoms with Crippen LogP contribution in [0.15, 0.2) is 22.7 Å². The van der Waals surface area contributed by atoms with E-state index in [1.54, 1.807) is 0 Å². The molecule has 0 spiro atoms. The number of anilines is 1. The van der Waals surface area contributed by atoms with Gasteiger partial charge >= 0.3 is 0 Å². The van der Waals surface area contributed by atoms with Crippen LogP contribution >= 0.6 is 15.9 Å². The van der Waals surface area contributed by atoms with Crippen molar-refractivity contribution in [1.29, 1.82) is 0 Å². The molecular formula is C17H27BrN2. The van der Waals surface area contributed by atoms with Gasteiger partial charge in [-0.15, -0.1) is 0 Å². The fourth-order valence-electron chi connectivity index (χ4n) is 2.43. The summed E-state index contributed by atoms with van der Waals surface area (Å²) in [5.74, 6) is 1.63. The second-order valence-electron chi connectivity index (χ2n) is 6.29. The number of halogens is 1. The molecule has 2 rings (SSSR count). The smallest absolute Gasteiger partial charge is 0.0510 e. The summed E-state index contributed by atoms with van der Waals surface area (Å²) in [7, 11) is 0. The zero-order valence-corrected chi connectivity index (χ0v) is 14.5. The molecule has 1 saturated carbocycles. The Morgan fingerprint density at radius 3 is 2.65 bits per heavy atom. The van der Waals surface area contributed by atoms with Crippen molar-refractivity contribution in [2.24, 2.45) is 11.8 Å². The van der Waals surface area contributed by atoms with Crippen molar-refractivity contribution in [2.45, 2.75) is 40.2 Å². The molecule has 0 saturated heterocycles. The van der Waals surface area contributed by atoms with Gasteiger partial charge in [0.25, 0.3) is 0 Å². The molecule has 0 amide bonds. The fraction of sp³-hybridized carbons (Fsp3) is 0.647. The third-order valence-electron chi connectivity index (χ3n) is 3.79. The molecule has 1 aromatic rings. The fourth-order valence-corrected chi connectivity index (χ4v) is 3.11. The van der Waals surface area contributed by atoms with Crippen molar-refractivity contribution in [1.82, 2.24) is 5.32 Å². The Hall–Kier alpha value is -0.540. The van der Waals surface area contributed by atoms with E-state index < -0.39 is 0 Å². The number of hydrogen-bond donors (Lipinski definition) is 1. The second-order valence-corrected chi connectivity index (χ2v) is 7.15. The van der Waals surface area contributed by atoms with Crippen LogP contribution in [0.1, 0.15) is 39.2 Å². The van der Waals surface area contributed by atoms with E-state index in [4.69, 9.17) is 0 Å². The average molecular weight is 339 g/mol. The standard InChI is InChI=1S/C17H27BrN2/c1-4-20(12-14-5-6-14)17-8-7-15(9-16(17)18)11-19-10-13(2)3/h7-9,13-14,19H,4-6,10-12H2,1-3H3. The summed E-state index contributed by atoms with van der Waals surface area (Å²) in [6.07, 6.45) is 2.82. The summed E-state index contributed by atoms with van der Waals surface area (Å²) in [4.78, 5) is 2.49. The zero-order valence-electron chi connectivity index (χ0n) is 13.0. The Bertz CT molecular complexity index is 427. The van der Waals surface area contributed by atoms with Crippen LogP contribution in [0.25, 0.3) is 0 Å². The maximum absolute atomic E-state index is 3.75. The number of benzene rings is 1. The zero-order chi connectivity index (χ0) is 14.5. The van der Waals surface area contributed by atoms with Gasteiger partial charge < -0.3 is 10.2 Å². The van der Waals surface area contributed by atoms with Gasteiger partial charge in [-0.1, -0.05) is 19.9 Å². The molecule has 0 aromatic heterocycles. The minimum atomic E-state index is 0.701. The molecule has 0 aliphatic heterocycles. The largest absolute Gasteiger partial charge is 0.371 e. The summed E-state index contributed by atoms with van der Waals surface area (Å²) < 4.78 is 1.23. The van der Waals surface area contributed by atoms with Crippen LogP contribution in [0.2, 0.25) is 0 Å². The van der Waals surface area contributed by atoms with E-state index in [1.807, 2.05) is 0 Å². The van der Waals surface area contributed by atoms with Crippen LogP contribution < -0.4 is 10.2 Å². The van der Waals surface area contributed by atoms with Gasteiger partial charge in [-0.2, -0.15) is 0 Å². The molecular weight excluding hydrogens is 312 g/mol. The first-order valence-electron chi connectivity index (χ1n) is 7.84. The van der Waals surface area contributed by atoms with E-state index in [-0.39, 0.29) is 0 Å². The summed E-state index contributed by atoms with van der Waals surface area (Å²) in [5, 5.41) is 3.50. The topological polar surface area (TPSA) is 15.3 Å². The van der Waals surface area contributed by atoms with E-state index in [0.717, 1.165) is 25.6 Å². The monoisotopic (exact) mass is 338 g/mol. The van der Waals surface area contributed by atoms with E-state index in [1.165, 1.54) is 35.1 Å². The van der Waals surface area contributed by atoms with Crippen molar-refractivity contribution in [3.63, 3.8) is 0 Å². The van der Waals surface area contributed by atoms with Crippen LogP contribution in [0.3, 0.4) is 0 Å². The van der Waals surface area contributed by atoms with Gasteiger partial charge in [0.2, 0.25) is 0 Å². The van der Waals surface area contributed by atoms with Gasteiger partial charge in [-0.25, -0.2) is 0 Å². The maximum atomic E-state index is 3.75. The molecule has 20 heavy (non-hydrogen) atoms. The lowest BCUT2D eigenvalue weighted by Gasteiger charge is -2.24. The molecule has 3 heteroatoms. The normalized spacial score (nSPS) is 14.8. The highest BCUT2D eigenvalue weighted by molar-refractivity contribution is 9.10. The lowest BCUT2D eigenvalue weighted by atomic mass is 10.1. The van der Waals surface area contributed by atoms with Crippen LogP contribution in [-0.2, 0) is 6.54 Å². The van der Waals surface area contributed by atoms with Gasteiger partial charge in [0, 0.05) is 24.1 Å². The van der Waals surface area contributed by atoms with Gasteiger partial charge in [0.05, 0.1) is 5.69 Å². The Labute approximate surface area is 132 Å². The van der Waals surface area contributed by atoms with Gasteiger partial charge in [0.15, 0.2) is 0 Å². The van der Waals surface area contributed by atoms with Crippen molar-refractivity contribution in [3.05, 3.63) is 28.2 Å². The highest BCUT2D eigenvalue weighted by atomic mass is 79.9. The van der Waals surface area contributed by atoms with Crippen molar-refractivity contribution < 1.29 is 0 Å². The summed E-state index contributed by atoms with van der Waals surface area (Å²) >= 11 is 3.75. The number of rotatable bonds is 8. The molecule has 0 radical (unpaired) electrons. The lowest BCUT2D eigenvalue weighted by molar-refractivity contribution is 0.552. The van der Waals surface area contributed by atoms with Crippen LogP contribution in [0.5, 0.6) is 0 Å². The average Bonchev–Trinajstić information content (AvgIpc) is 3.20. The van der Waals surface area contributed by atoms with E-state index in [0.29, 0.717) is 5.92 Å². The Kier molecular flexibility index (Phi) is 5.91. The second kappa shape index (κ2) is 7.46. The predicted octanol–water partition coefficient (Wildman–Crippen LogP) is 4.43. The number of nitrogens with one attached hydrogen (secondary N) is 1. The van der Waals surface area contributed by atoms with Crippen LogP contribution in [0, 0.1) is 11.8 Å². The third-order valence-corrected chi connectivity index (χ3v) is 4.43. The summed E-state index contributed by atoms with van der Waals surface area (Å²) in [6, 6.07) is 6.78. The van der Waals surface area contributed by atoms with Gasteiger partial charge in [-0.3, -0.25) is 0 Å². The molecule has 1 aliphatic rings. The molecule has 1 fully saturated rings. The summed E-state index contributed by atoms with van der Waals surface area (Å²) in [5.41, 5.74) is 2.69. The molecule has 0 heterocycles. The SMILES string of the molecule is CCN(CC1CC1)c1ccc(CNCC(C)C)cc1Br. The van der Waals surface area contributed by atoms with E-state index in [2.05, 4.69) is 65.1 Å². The molecule has 2 nitrogen and oxygen atoms in total. The highest BCUT2D eigenvalue weighted by Gasteiger charge is 2.24. The molecule has 112 valence electrons. The Balaban J connectivity index is 1.96. The maximum Gasteiger partial charge on any atom is 0.0510 e. The van der Waals surface area contributed by atoms with Crippen LogP contribution in [0.4, 0.5) is 5.69 Å². The minimum Gasteiger partial charge on any atom is -0.371 e. The molecule has 0 atom stereocenters. The first-order chi connectivity index (χ1) is 9.60. The number of nitrogens with zero attached hydrogens (tertiary/aromatic N) is 1. The van der Waals surface area contributed by atoms with Crippen molar-refractivity contribution in [3.8, 4) is 0 Å². The molecule has 1 aliphatic carbocycles. The molecule has 0 bridgehead atoms. The molecule has 0 unspecified atom stereocenters. The van der Waals surface area contributed by atoms with Gasteiger partial charge in [0.1, 0.15) is 0 Å². The van der Waals surface area contributed by atoms with Crippen LogP contribution in [-0.4, -0.2) is 19.6 Å². The minimum absolute atomic E-state index is 0.701. The highest BCUT2D eigenvalue weighted by Crippen LogP contribution is 2.34. The Morgan fingerprint density at radius 2 is 2.10 bits per heavy atom. The first-order valence-corrected chi connectivity index (χ1v) is 8.63. The van der Waals surface area contributed by atoms with Gasteiger partial charge in [-0.05, 0) is 71.8 Å². The lowest BCUT2D eigenvalue weighted by Crippen LogP contribution is -2.25. The quantitative estimate of drug-likeness (QED) is 0.754. The first kappa shape index (κ1) is 15.8. The third kappa shape index (κ3) is 4.78. The van der Waals surface area contributed by atoms with E-state index >= 15 is 0 Å². The number of hydrogen-bond acceptors (Lipinski definition) is 2. The molecule has 1 aromatic carbocycles. The Morgan fingerprint density at radius 1 is 1.35 bits per heavy atom. The summed E-state index contributed by atoms with van der Waals surface area (Å²) in [6.45, 7) is 11.0. The van der Waals surface area contributed by atoms with Crippen molar-refractivity contribution in [2.75, 3.05) is 24.5 Å². The van der Waals surface area contributed by atoms with Crippen molar-refractivity contribution >= 4 is 21.6 Å². The molecule has 1 N–H and O–H groups in total.